The van der Waals surface area contributed by atoms with Crippen molar-refractivity contribution in [3.63, 3.8) is 0 Å². The predicted octanol–water partition coefficient (Wildman–Crippen LogP) is 9.82. The Labute approximate surface area is 226 Å². The second-order valence-electron chi connectivity index (χ2n) is 10.1. The summed E-state index contributed by atoms with van der Waals surface area (Å²) in [5.74, 6) is 0.949. The largest absolute Gasteiger partial charge is 0.292 e. The maximum atomic E-state index is 5.03. The topological polar surface area (TPSA) is 17.8 Å². The van der Waals surface area contributed by atoms with Crippen molar-refractivity contribution in [1.29, 1.82) is 0 Å². The average Bonchev–Trinajstić information content (AvgIpc) is 3.40. The highest BCUT2D eigenvalue weighted by Crippen LogP contribution is 2.36. The summed E-state index contributed by atoms with van der Waals surface area (Å²) in [6.45, 7) is 0. The molecule has 39 heavy (non-hydrogen) atoms. The third-order valence-electron chi connectivity index (χ3n) is 7.77. The van der Waals surface area contributed by atoms with Crippen LogP contribution in [0.25, 0.3) is 71.6 Å². The molecule has 8 aromatic rings. The number of benzene rings is 7. The van der Waals surface area contributed by atoms with Crippen LogP contribution in [0.2, 0.25) is 0 Å². The van der Waals surface area contributed by atoms with E-state index in [1.54, 1.807) is 0 Å². The molecule has 0 fully saturated rings. The number of nitrogens with zero attached hydrogens (tertiary/aromatic N) is 2. The van der Waals surface area contributed by atoms with E-state index in [0.29, 0.717) is 0 Å². The molecule has 0 saturated heterocycles. The fourth-order valence-corrected chi connectivity index (χ4v) is 5.89. The number of hydrogen-bond acceptors (Lipinski definition) is 1. The Morgan fingerprint density at radius 3 is 2.00 bits per heavy atom. The first-order chi connectivity index (χ1) is 19.3. The molecule has 0 N–H and O–H groups in total. The van der Waals surface area contributed by atoms with Crippen molar-refractivity contribution in [1.82, 2.24) is 9.55 Å². The van der Waals surface area contributed by atoms with Crippen LogP contribution in [0.1, 0.15) is 0 Å². The highest BCUT2D eigenvalue weighted by Gasteiger charge is 2.15. The molecule has 0 bridgehead atoms. The molecule has 0 radical (unpaired) electrons. The molecule has 0 aliphatic rings. The smallest absolute Gasteiger partial charge is 0.145 e. The van der Waals surface area contributed by atoms with Gasteiger partial charge in [-0.25, -0.2) is 4.98 Å². The van der Waals surface area contributed by atoms with Gasteiger partial charge in [0.25, 0.3) is 0 Å². The number of aromatic nitrogens is 2. The molecule has 0 amide bonds. The Morgan fingerprint density at radius 1 is 0.436 bits per heavy atom. The summed E-state index contributed by atoms with van der Waals surface area (Å²) < 4.78 is 2.25. The third kappa shape index (κ3) is 3.53. The van der Waals surface area contributed by atoms with E-state index in [4.69, 9.17) is 4.98 Å². The van der Waals surface area contributed by atoms with Gasteiger partial charge in [0.05, 0.1) is 11.0 Å². The molecule has 0 unspecified atom stereocenters. The summed E-state index contributed by atoms with van der Waals surface area (Å²) in [6, 6.07) is 52.0. The quantitative estimate of drug-likeness (QED) is 0.176. The molecular weight excluding hydrogens is 472 g/mol. The Balaban J connectivity index is 1.27. The maximum absolute atomic E-state index is 5.03. The van der Waals surface area contributed by atoms with Crippen LogP contribution in [0.4, 0.5) is 0 Å². The molecule has 1 heterocycles. The Bertz CT molecular complexity index is 2150. The van der Waals surface area contributed by atoms with Gasteiger partial charge in [-0.3, -0.25) is 4.57 Å². The Kier molecular flexibility index (Phi) is 4.86. The van der Waals surface area contributed by atoms with Gasteiger partial charge in [0.2, 0.25) is 0 Å². The van der Waals surface area contributed by atoms with Crippen molar-refractivity contribution in [2.45, 2.75) is 0 Å². The van der Waals surface area contributed by atoms with Gasteiger partial charge in [-0.1, -0.05) is 109 Å². The average molecular weight is 497 g/mol. The lowest BCUT2D eigenvalue weighted by atomic mass is 9.93. The first-order valence-electron chi connectivity index (χ1n) is 13.3. The summed E-state index contributed by atoms with van der Waals surface area (Å²) in [5, 5.41) is 7.66. The van der Waals surface area contributed by atoms with E-state index in [9.17, 15) is 0 Å². The van der Waals surface area contributed by atoms with Crippen LogP contribution >= 0.6 is 0 Å². The Morgan fingerprint density at radius 2 is 1.15 bits per heavy atom. The minimum absolute atomic E-state index is 0.949. The number of para-hydroxylation sites is 3. The van der Waals surface area contributed by atoms with E-state index in [1.165, 1.54) is 43.4 Å². The van der Waals surface area contributed by atoms with Crippen LogP contribution in [-0.2, 0) is 0 Å². The van der Waals surface area contributed by atoms with Gasteiger partial charge in [0.1, 0.15) is 5.82 Å². The van der Waals surface area contributed by atoms with Crippen LogP contribution < -0.4 is 0 Å². The fraction of sp³-hybridized carbons (Fsp3) is 0. The molecule has 0 atom stereocenters. The first kappa shape index (κ1) is 21.8. The van der Waals surface area contributed by atoms with Crippen molar-refractivity contribution in [2.75, 3.05) is 0 Å². The SMILES string of the molecule is c1ccc(-n2c(-c3ccc(-c4cccc5c4ccc4cc6ccccc6cc45)cc3)nc3ccccc32)cc1. The molecule has 2 heteroatoms. The molecule has 182 valence electrons. The summed E-state index contributed by atoms with van der Waals surface area (Å²) in [7, 11) is 0. The maximum Gasteiger partial charge on any atom is 0.145 e. The van der Waals surface area contributed by atoms with Gasteiger partial charge in [-0.15, -0.1) is 0 Å². The minimum atomic E-state index is 0.949. The molecular formula is C37H24N2. The molecule has 7 aromatic carbocycles. The third-order valence-corrected chi connectivity index (χ3v) is 7.77. The summed E-state index contributed by atoms with van der Waals surface area (Å²) >= 11 is 0. The van der Waals surface area contributed by atoms with Gasteiger partial charge in [-0.05, 0) is 79.8 Å². The molecule has 1 aromatic heterocycles. The van der Waals surface area contributed by atoms with Crippen molar-refractivity contribution in [2.24, 2.45) is 0 Å². The van der Waals surface area contributed by atoms with Gasteiger partial charge in [0.15, 0.2) is 0 Å². The van der Waals surface area contributed by atoms with Crippen molar-refractivity contribution >= 4 is 43.4 Å². The van der Waals surface area contributed by atoms with Gasteiger partial charge in [-0.2, -0.15) is 0 Å². The number of fused-ring (bicyclic) bond motifs is 5. The molecule has 8 rings (SSSR count). The zero-order chi connectivity index (χ0) is 25.8. The van der Waals surface area contributed by atoms with E-state index < -0.39 is 0 Å². The number of imidazole rings is 1. The first-order valence-corrected chi connectivity index (χ1v) is 13.3. The van der Waals surface area contributed by atoms with E-state index in [2.05, 4.69) is 138 Å². The zero-order valence-electron chi connectivity index (χ0n) is 21.3. The summed E-state index contributed by atoms with van der Waals surface area (Å²) in [5.41, 5.74) is 6.75. The second kappa shape index (κ2) is 8.68. The number of rotatable bonds is 3. The summed E-state index contributed by atoms with van der Waals surface area (Å²) in [4.78, 5) is 5.03. The lowest BCUT2D eigenvalue weighted by molar-refractivity contribution is 1.10. The van der Waals surface area contributed by atoms with Crippen molar-refractivity contribution < 1.29 is 0 Å². The van der Waals surface area contributed by atoms with Gasteiger partial charge < -0.3 is 0 Å². The standard InChI is InChI=1S/C37H24N2/c1-2-11-30(12-3-1)39-36-16-7-6-15-35(36)38-37(39)26-19-17-25(18-20-26)31-13-8-14-32-33(31)22-21-29-23-27-9-4-5-10-28(27)24-34(29)32/h1-24H. The monoisotopic (exact) mass is 496 g/mol. The van der Waals surface area contributed by atoms with E-state index in [0.717, 1.165) is 28.1 Å². The van der Waals surface area contributed by atoms with Crippen molar-refractivity contribution in [3.8, 4) is 28.2 Å². The van der Waals surface area contributed by atoms with Gasteiger partial charge >= 0.3 is 0 Å². The molecule has 0 aliphatic carbocycles. The molecule has 0 spiro atoms. The minimum Gasteiger partial charge on any atom is -0.292 e. The van der Waals surface area contributed by atoms with E-state index in [1.807, 2.05) is 12.1 Å². The normalized spacial score (nSPS) is 11.6. The lowest BCUT2D eigenvalue weighted by Gasteiger charge is -2.12. The van der Waals surface area contributed by atoms with Crippen LogP contribution in [0.15, 0.2) is 146 Å². The van der Waals surface area contributed by atoms with Crippen LogP contribution in [-0.4, -0.2) is 9.55 Å². The highest BCUT2D eigenvalue weighted by molar-refractivity contribution is 6.15. The molecule has 0 aliphatic heterocycles. The molecule has 0 saturated carbocycles. The predicted molar refractivity (Wildman–Crippen MR) is 164 cm³/mol. The van der Waals surface area contributed by atoms with Crippen LogP contribution in [0, 0.1) is 0 Å². The highest BCUT2D eigenvalue weighted by atomic mass is 15.1. The second-order valence-corrected chi connectivity index (χ2v) is 10.1. The van der Waals surface area contributed by atoms with Gasteiger partial charge in [0, 0.05) is 11.3 Å². The summed E-state index contributed by atoms with van der Waals surface area (Å²) in [6.07, 6.45) is 0. The van der Waals surface area contributed by atoms with E-state index >= 15 is 0 Å². The van der Waals surface area contributed by atoms with Crippen LogP contribution in [0.5, 0.6) is 0 Å². The lowest BCUT2D eigenvalue weighted by Crippen LogP contribution is -1.97. The fourth-order valence-electron chi connectivity index (χ4n) is 5.89. The Hall–Kier alpha value is -5.21. The van der Waals surface area contributed by atoms with Crippen LogP contribution in [0.3, 0.4) is 0 Å². The van der Waals surface area contributed by atoms with Crippen molar-refractivity contribution in [3.05, 3.63) is 146 Å². The van der Waals surface area contributed by atoms with E-state index in [-0.39, 0.29) is 0 Å². The number of hydrogen-bond donors (Lipinski definition) is 0. The zero-order valence-corrected chi connectivity index (χ0v) is 21.3. The molecule has 2 nitrogen and oxygen atoms in total.